The van der Waals surface area contributed by atoms with Gasteiger partial charge in [0.2, 0.25) is 0 Å². The first-order valence-electron chi connectivity index (χ1n) is 9.94. The molecule has 2 unspecified atom stereocenters. The molecule has 4 aromatic rings. The molecule has 3 aromatic heterocycles. The molecule has 0 spiro atoms. The van der Waals surface area contributed by atoms with E-state index in [4.69, 9.17) is 14.7 Å². The van der Waals surface area contributed by atoms with Crippen molar-refractivity contribution < 1.29 is 4.74 Å². The number of benzene rings is 1. The summed E-state index contributed by atoms with van der Waals surface area (Å²) in [6.45, 7) is 5.51. The summed E-state index contributed by atoms with van der Waals surface area (Å²) in [6.07, 6.45) is 4.70. The highest BCUT2D eigenvalue weighted by Gasteiger charge is 2.24. The van der Waals surface area contributed by atoms with E-state index >= 15 is 0 Å². The molecule has 1 fully saturated rings. The molecule has 0 radical (unpaired) electrons. The van der Waals surface area contributed by atoms with Gasteiger partial charge in [0.15, 0.2) is 11.3 Å². The van der Waals surface area contributed by atoms with E-state index < -0.39 is 0 Å². The lowest BCUT2D eigenvalue weighted by atomic mass is 10.2. The Balaban J connectivity index is 1.85. The molecular formula is C21H23N5O2. The summed E-state index contributed by atoms with van der Waals surface area (Å²) in [7, 11) is 0. The Kier molecular flexibility index (Phi) is 4.12. The molecule has 7 heteroatoms. The Bertz CT molecular complexity index is 1240. The van der Waals surface area contributed by atoms with Crippen LogP contribution in [0.2, 0.25) is 0 Å². The lowest BCUT2D eigenvalue weighted by Gasteiger charge is -2.14. The number of hydrogen-bond donors (Lipinski definition) is 0. The van der Waals surface area contributed by atoms with Gasteiger partial charge in [-0.2, -0.15) is 0 Å². The van der Waals surface area contributed by atoms with Gasteiger partial charge in [-0.1, -0.05) is 19.1 Å². The molecule has 0 aliphatic carbocycles. The summed E-state index contributed by atoms with van der Waals surface area (Å²) >= 11 is 0. The second kappa shape index (κ2) is 6.67. The van der Waals surface area contributed by atoms with Crippen LogP contribution in [0.1, 0.15) is 39.2 Å². The van der Waals surface area contributed by atoms with Gasteiger partial charge in [0.1, 0.15) is 17.2 Å². The third-order valence-electron chi connectivity index (χ3n) is 5.75. The Hall–Kier alpha value is -2.80. The standard InChI is InChI=1S/C21H23N5O2/c1-3-13(2)26-12-22-19-17(21(26)27)18-20(25(19)11-14-7-6-10-28-14)24-16-9-5-4-8-15(16)23-18/h4-5,8-9,12-14H,3,6-7,10-11H2,1-2H3. The predicted molar refractivity (Wildman–Crippen MR) is 109 cm³/mol. The van der Waals surface area contributed by atoms with E-state index in [9.17, 15) is 4.79 Å². The monoisotopic (exact) mass is 377 g/mol. The van der Waals surface area contributed by atoms with Crippen LogP contribution in [0, 0.1) is 0 Å². The van der Waals surface area contributed by atoms with Crippen molar-refractivity contribution in [3.63, 3.8) is 0 Å². The van der Waals surface area contributed by atoms with Crippen LogP contribution in [0.3, 0.4) is 0 Å². The normalized spacial score (nSPS) is 18.4. The van der Waals surface area contributed by atoms with Gasteiger partial charge in [0.25, 0.3) is 5.56 Å². The van der Waals surface area contributed by atoms with Crippen LogP contribution in [-0.4, -0.2) is 36.8 Å². The maximum absolute atomic E-state index is 13.3. The average Bonchev–Trinajstić information content (AvgIpc) is 3.33. The molecule has 2 atom stereocenters. The van der Waals surface area contributed by atoms with Crippen molar-refractivity contribution in [2.24, 2.45) is 0 Å². The van der Waals surface area contributed by atoms with Crippen molar-refractivity contribution in [1.82, 2.24) is 24.1 Å². The zero-order valence-corrected chi connectivity index (χ0v) is 16.1. The largest absolute Gasteiger partial charge is 0.376 e. The number of ether oxygens (including phenoxy) is 1. The van der Waals surface area contributed by atoms with Crippen molar-refractivity contribution in [2.45, 2.75) is 51.8 Å². The van der Waals surface area contributed by atoms with E-state index in [1.165, 1.54) is 0 Å². The fourth-order valence-corrected chi connectivity index (χ4v) is 3.99. The third-order valence-corrected chi connectivity index (χ3v) is 5.75. The van der Waals surface area contributed by atoms with E-state index in [1.54, 1.807) is 10.9 Å². The highest BCUT2D eigenvalue weighted by Crippen LogP contribution is 2.27. The first-order valence-corrected chi connectivity index (χ1v) is 9.94. The lowest BCUT2D eigenvalue weighted by Crippen LogP contribution is -2.24. The van der Waals surface area contributed by atoms with Crippen molar-refractivity contribution in [2.75, 3.05) is 6.61 Å². The summed E-state index contributed by atoms with van der Waals surface area (Å²) < 4.78 is 9.56. The molecule has 0 bridgehead atoms. The first-order chi connectivity index (χ1) is 13.7. The molecule has 5 rings (SSSR count). The van der Waals surface area contributed by atoms with Crippen molar-refractivity contribution in [1.29, 1.82) is 0 Å². The number of fused-ring (bicyclic) bond motifs is 4. The molecule has 4 heterocycles. The Morgan fingerprint density at radius 2 is 2.00 bits per heavy atom. The van der Waals surface area contributed by atoms with Crippen LogP contribution in [0.5, 0.6) is 0 Å². The van der Waals surface area contributed by atoms with Crippen LogP contribution < -0.4 is 5.56 Å². The van der Waals surface area contributed by atoms with E-state index in [0.717, 1.165) is 36.9 Å². The molecular weight excluding hydrogens is 354 g/mol. The zero-order chi connectivity index (χ0) is 19.3. The third kappa shape index (κ3) is 2.61. The van der Waals surface area contributed by atoms with Crippen LogP contribution in [0.15, 0.2) is 35.4 Å². The van der Waals surface area contributed by atoms with Gasteiger partial charge in [-0.05, 0) is 38.3 Å². The van der Waals surface area contributed by atoms with Crippen LogP contribution >= 0.6 is 0 Å². The SMILES string of the molecule is CCC(C)n1cnc2c(c1=O)c1nc3ccccc3nc1n2CC1CCCO1. The number of para-hydroxylation sites is 2. The molecule has 7 nitrogen and oxygen atoms in total. The smallest absolute Gasteiger partial charge is 0.265 e. The summed E-state index contributed by atoms with van der Waals surface area (Å²) in [5.74, 6) is 0. The topological polar surface area (TPSA) is 74.8 Å². The molecule has 1 saturated heterocycles. The molecule has 144 valence electrons. The minimum atomic E-state index is -0.0555. The Labute approximate surface area is 162 Å². The van der Waals surface area contributed by atoms with Gasteiger partial charge in [-0.3, -0.25) is 9.36 Å². The number of aromatic nitrogens is 5. The maximum Gasteiger partial charge on any atom is 0.265 e. The van der Waals surface area contributed by atoms with E-state index in [-0.39, 0.29) is 17.7 Å². The van der Waals surface area contributed by atoms with Crippen LogP contribution in [-0.2, 0) is 11.3 Å². The summed E-state index contributed by atoms with van der Waals surface area (Å²) in [6, 6.07) is 7.83. The van der Waals surface area contributed by atoms with Gasteiger partial charge >= 0.3 is 0 Å². The molecule has 0 N–H and O–H groups in total. The second-order valence-corrected chi connectivity index (χ2v) is 7.54. The molecule has 0 amide bonds. The van der Waals surface area contributed by atoms with Gasteiger partial charge in [0, 0.05) is 12.6 Å². The number of rotatable bonds is 4. The second-order valence-electron chi connectivity index (χ2n) is 7.54. The quantitative estimate of drug-likeness (QED) is 0.545. The van der Waals surface area contributed by atoms with Crippen molar-refractivity contribution >= 4 is 33.2 Å². The molecule has 28 heavy (non-hydrogen) atoms. The maximum atomic E-state index is 13.3. The van der Waals surface area contributed by atoms with Gasteiger partial charge in [-0.25, -0.2) is 15.0 Å². The fourth-order valence-electron chi connectivity index (χ4n) is 3.99. The highest BCUT2D eigenvalue weighted by atomic mass is 16.5. The first kappa shape index (κ1) is 17.3. The van der Waals surface area contributed by atoms with Crippen molar-refractivity contribution in [3.05, 3.63) is 40.9 Å². The average molecular weight is 377 g/mol. The zero-order valence-electron chi connectivity index (χ0n) is 16.1. The Morgan fingerprint density at radius 3 is 2.71 bits per heavy atom. The highest BCUT2D eigenvalue weighted by molar-refractivity contribution is 6.04. The minimum absolute atomic E-state index is 0.0555. The molecule has 1 aliphatic heterocycles. The molecule has 1 aliphatic rings. The fraction of sp³-hybridized carbons (Fsp3) is 0.429. The minimum Gasteiger partial charge on any atom is -0.376 e. The Morgan fingerprint density at radius 1 is 1.21 bits per heavy atom. The van der Waals surface area contributed by atoms with E-state index in [0.29, 0.717) is 28.7 Å². The lowest BCUT2D eigenvalue weighted by molar-refractivity contribution is 0.0987. The summed E-state index contributed by atoms with van der Waals surface area (Å²) in [5, 5.41) is 0.550. The number of nitrogens with zero attached hydrogens (tertiary/aromatic N) is 5. The summed E-state index contributed by atoms with van der Waals surface area (Å²) in [4.78, 5) is 27.7. The van der Waals surface area contributed by atoms with Gasteiger partial charge < -0.3 is 9.30 Å². The van der Waals surface area contributed by atoms with Crippen LogP contribution in [0.4, 0.5) is 0 Å². The van der Waals surface area contributed by atoms with E-state index in [2.05, 4.69) is 11.9 Å². The number of hydrogen-bond acceptors (Lipinski definition) is 5. The van der Waals surface area contributed by atoms with Crippen LogP contribution in [0.25, 0.3) is 33.2 Å². The molecule has 0 saturated carbocycles. The molecule has 1 aromatic carbocycles. The van der Waals surface area contributed by atoms with Gasteiger partial charge in [-0.15, -0.1) is 0 Å². The van der Waals surface area contributed by atoms with E-state index in [1.807, 2.05) is 35.8 Å². The predicted octanol–water partition coefficient (Wildman–Crippen LogP) is 3.44. The van der Waals surface area contributed by atoms with Gasteiger partial charge in [0.05, 0.1) is 23.7 Å². The van der Waals surface area contributed by atoms with Crippen molar-refractivity contribution in [3.8, 4) is 0 Å². The summed E-state index contributed by atoms with van der Waals surface area (Å²) in [5.41, 5.74) is 3.51.